The van der Waals surface area contributed by atoms with E-state index in [2.05, 4.69) is 103 Å². The first-order valence-corrected chi connectivity index (χ1v) is 20.4. The molecule has 5 atom stereocenters. The summed E-state index contributed by atoms with van der Waals surface area (Å²) < 4.78 is 35.9. The molecule has 7 aromatic rings. The van der Waals surface area contributed by atoms with Gasteiger partial charge in [-0.25, -0.2) is 0 Å². The molecule has 1 aliphatic heterocycles. The Morgan fingerprint density at radius 2 is 0.929 bits per heavy atom. The van der Waals surface area contributed by atoms with Crippen molar-refractivity contribution >= 4 is 21.4 Å². The molecule has 5 nitrogen and oxygen atoms in total. The molecule has 0 spiro atoms. The Balaban J connectivity index is 1.16. The minimum absolute atomic E-state index is 0.328. The SMILES string of the molecule is c1ccc(CCc2cccc3sc([C@@H]4O[C@H](COCc5ccccc5)[C@@H](OCc5ccccc5)[C@H](OCc5ccccc5)[C@H]4OCc4ccccc4)cc23)cc1. The van der Waals surface area contributed by atoms with Crippen molar-refractivity contribution in [2.24, 2.45) is 0 Å². The lowest BCUT2D eigenvalue weighted by Crippen LogP contribution is -2.58. The molecule has 0 N–H and O–H groups in total. The minimum Gasteiger partial charge on any atom is -0.374 e. The van der Waals surface area contributed by atoms with Crippen LogP contribution in [-0.2, 0) is 63.0 Å². The molecular formula is C50H48O5S. The molecule has 6 heteroatoms. The van der Waals surface area contributed by atoms with E-state index in [0.29, 0.717) is 33.0 Å². The van der Waals surface area contributed by atoms with Crippen molar-refractivity contribution in [3.63, 3.8) is 0 Å². The number of fused-ring (bicyclic) bond motifs is 1. The van der Waals surface area contributed by atoms with Gasteiger partial charge in [-0.3, -0.25) is 0 Å². The van der Waals surface area contributed by atoms with Gasteiger partial charge in [0.1, 0.15) is 30.5 Å². The molecule has 0 unspecified atom stereocenters. The van der Waals surface area contributed by atoms with Gasteiger partial charge in [0.05, 0.1) is 33.0 Å². The number of hydrogen-bond donors (Lipinski definition) is 0. The summed E-state index contributed by atoms with van der Waals surface area (Å²) in [4.78, 5) is 1.10. The van der Waals surface area contributed by atoms with Gasteiger partial charge in [-0.1, -0.05) is 164 Å². The summed E-state index contributed by atoms with van der Waals surface area (Å²) in [7, 11) is 0. The zero-order valence-electron chi connectivity index (χ0n) is 31.5. The van der Waals surface area contributed by atoms with Crippen molar-refractivity contribution in [1.82, 2.24) is 0 Å². The van der Waals surface area contributed by atoms with Gasteiger partial charge in [0, 0.05) is 9.58 Å². The van der Waals surface area contributed by atoms with Gasteiger partial charge in [0.25, 0.3) is 0 Å². The quantitative estimate of drug-likeness (QED) is 0.0925. The van der Waals surface area contributed by atoms with Gasteiger partial charge in [-0.05, 0) is 63.7 Å². The van der Waals surface area contributed by atoms with E-state index in [0.717, 1.165) is 40.0 Å². The Kier molecular flexibility index (Phi) is 13.1. The second-order valence-corrected chi connectivity index (χ2v) is 15.5. The molecular weight excluding hydrogens is 713 g/mol. The van der Waals surface area contributed by atoms with Crippen LogP contribution >= 0.6 is 11.3 Å². The lowest BCUT2D eigenvalue weighted by molar-refractivity contribution is -0.274. The molecule has 1 aromatic heterocycles. The van der Waals surface area contributed by atoms with Crippen LogP contribution in [0, 0.1) is 0 Å². The molecule has 1 saturated heterocycles. The number of rotatable bonds is 17. The standard InChI is InChI=1S/C50H48O5S/c1-6-17-37(18-7-1)29-30-42-27-16-28-45-43(42)31-46(56-45)48-50(54-35-41-25-14-5-15-26-41)49(53-34-40-23-12-4-13-24-40)47(52-33-39-21-10-3-11-22-39)44(55-48)36-51-32-38-19-8-2-9-20-38/h1-28,31,44,47-50H,29-30,32-36H2/t44-,47-,48+,49+,50+/m1/s1. The fourth-order valence-corrected chi connectivity index (χ4v) is 8.62. The Morgan fingerprint density at radius 3 is 1.48 bits per heavy atom. The maximum absolute atomic E-state index is 7.25. The average Bonchev–Trinajstić information content (AvgIpc) is 3.71. The highest BCUT2D eigenvalue weighted by Gasteiger charge is 2.49. The maximum Gasteiger partial charge on any atom is 0.121 e. The highest BCUT2D eigenvalue weighted by atomic mass is 32.1. The first-order valence-electron chi connectivity index (χ1n) is 19.6. The highest BCUT2D eigenvalue weighted by Crippen LogP contribution is 2.43. The molecule has 284 valence electrons. The second-order valence-electron chi connectivity index (χ2n) is 14.3. The molecule has 2 heterocycles. The second kappa shape index (κ2) is 19.3. The van der Waals surface area contributed by atoms with Crippen LogP contribution in [0.4, 0.5) is 0 Å². The van der Waals surface area contributed by atoms with E-state index in [1.165, 1.54) is 21.2 Å². The fraction of sp³-hybridized carbons (Fsp3) is 0.240. The van der Waals surface area contributed by atoms with Gasteiger partial charge >= 0.3 is 0 Å². The van der Waals surface area contributed by atoms with Crippen LogP contribution in [0.1, 0.15) is 44.4 Å². The summed E-state index contributed by atoms with van der Waals surface area (Å²) in [6.07, 6.45) is -0.383. The fourth-order valence-electron chi connectivity index (χ4n) is 7.44. The summed E-state index contributed by atoms with van der Waals surface area (Å²) >= 11 is 1.77. The van der Waals surface area contributed by atoms with Crippen molar-refractivity contribution in [2.45, 2.75) is 69.8 Å². The molecule has 0 aliphatic carbocycles. The third kappa shape index (κ3) is 9.90. The topological polar surface area (TPSA) is 46.2 Å². The third-order valence-corrected chi connectivity index (χ3v) is 11.5. The van der Waals surface area contributed by atoms with Crippen LogP contribution in [0.3, 0.4) is 0 Å². The van der Waals surface area contributed by atoms with E-state index >= 15 is 0 Å². The Bertz CT molecular complexity index is 2190. The first-order chi connectivity index (χ1) is 27.8. The smallest absolute Gasteiger partial charge is 0.121 e. The molecule has 6 aromatic carbocycles. The largest absolute Gasteiger partial charge is 0.374 e. The zero-order chi connectivity index (χ0) is 37.8. The molecule has 0 amide bonds. The van der Waals surface area contributed by atoms with Gasteiger partial charge in [-0.15, -0.1) is 11.3 Å². The van der Waals surface area contributed by atoms with Gasteiger partial charge in [0.15, 0.2) is 0 Å². The molecule has 1 aliphatic rings. The van der Waals surface area contributed by atoms with Crippen molar-refractivity contribution in [1.29, 1.82) is 0 Å². The number of thiophene rings is 1. The first kappa shape index (κ1) is 38.0. The Hall–Kier alpha value is -4.92. The van der Waals surface area contributed by atoms with Crippen LogP contribution in [-0.4, -0.2) is 31.0 Å². The average molecular weight is 761 g/mol. The van der Waals surface area contributed by atoms with Crippen LogP contribution in [0.15, 0.2) is 176 Å². The van der Waals surface area contributed by atoms with Crippen LogP contribution in [0.2, 0.25) is 0 Å². The molecule has 0 radical (unpaired) electrons. The van der Waals surface area contributed by atoms with Crippen LogP contribution < -0.4 is 0 Å². The van der Waals surface area contributed by atoms with Crippen LogP contribution in [0.25, 0.3) is 10.1 Å². The van der Waals surface area contributed by atoms with E-state index < -0.39 is 30.5 Å². The summed E-state index contributed by atoms with van der Waals surface area (Å²) in [6, 6.07) is 60.9. The summed E-state index contributed by atoms with van der Waals surface area (Å²) in [6.45, 7) is 2.01. The highest BCUT2D eigenvalue weighted by molar-refractivity contribution is 7.19. The van der Waals surface area contributed by atoms with Gasteiger partial charge in [0.2, 0.25) is 0 Å². The molecule has 0 saturated carbocycles. The van der Waals surface area contributed by atoms with E-state index in [1.54, 1.807) is 11.3 Å². The lowest BCUT2D eigenvalue weighted by atomic mass is 9.92. The van der Waals surface area contributed by atoms with Gasteiger partial charge in [-0.2, -0.15) is 0 Å². The van der Waals surface area contributed by atoms with Crippen molar-refractivity contribution in [2.75, 3.05) is 6.61 Å². The summed E-state index contributed by atoms with van der Waals surface area (Å²) in [5.41, 5.74) is 7.02. The normalized spacial score (nSPS) is 19.6. The number of ether oxygens (including phenoxy) is 5. The predicted molar refractivity (Wildman–Crippen MR) is 224 cm³/mol. The van der Waals surface area contributed by atoms with Gasteiger partial charge < -0.3 is 23.7 Å². The van der Waals surface area contributed by atoms with Crippen molar-refractivity contribution < 1.29 is 23.7 Å². The van der Waals surface area contributed by atoms with Crippen molar-refractivity contribution in [3.8, 4) is 0 Å². The zero-order valence-corrected chi connectivity index (χ0v) is 32.3. The molecule has 56 heavy (non-hydrogen) atoms. The molecule has 0 bridgehead atoms. The lowest BCUT2D eigenvalue weighted by Gasteiger charge is -2.46. The monoisotopic (exact) mass is 760 g/mol. The van der Waals surface area contributed by atoms with E-state index in [4.69, 9.17) is 23.7 Å². The number of aryl methyl sites for hydroxylation is 2. The Morgan fingerprint density at radius 1 is 0.446 bits per heavy atom. The number of benzene rings is 6. The minimum atomic E-state index is -0.484. The predicted octanol–water partition coefficient (Wildman–Crippen LogP) is 11.1. The third-order valence-electron chi connectivity index (χ3n) is 10.4. The van der Waals surface area contributed by atoms with Crippen LogP contribution in [0.5, 0.6) is 0 Å². The van der Waals surface area contributed by atoms with Crippen molar-refractivity contribution in [3.05, 3.63) is 214 Å². The Labute approximate surface area is 334 Å². The van der Waals surface area contributed by atoms with E-state index in [1.807, 2.05) is 72.8 Å². The number of hydrogen-bond acceptors (Lipinski definition) is 6. The summed E-state index contributed by atoms with van der Waals surface area (Å²) in [5, 5.41) is 1.26. The maximum atomic E-state index is 7.25. The summed E-state index contributed by atoms with van der Waals surface area (Å²) in [5.74, 6) is 0. The molecule has 1 fully saturated rings. The molecule has 8 rings (SSSR count). The van der Waals surface area contributed by atoms with E-state index in [9.17, 15) is 0 Å². The van der Waals surface area contributed by atoms with E-state index in [-0.39, 0.29) is 0 Å².